The number of amides is 1. The van der Waals surface area contributed by atoms with Gasteiger partial charge in [0, 0.05) is 37.9 Å². The Morgan fingerprint density at radius 1 is 1.14 bits per heavy atom. The predicted molar refractivity (Wildman–Crippen MR) is 114 cm³/mol. The maximum Gasteiger partial charge on any atom is 0.258 e. The normalized spacial score (nSPS) is 22.2. The van der Waals surface area contributed by atoms with E-state index in [0.29, 0.717) is 11.3 Å². The third kappa shape index (κ3) is 3.57. The van der Waals surface area contributed by atoms with Gasteiger partial charge >= 0.3 is 0 Å². The van der Waals surface area contributed by atoms with E-state index in [9.17, 15) is 4.79 Å². The lowest BCUT2D eigenvalue weighted by Crippen LogP contribution is -2.61. The number of nitrogens with one attached hydrogen (secondary N) is 1. The van der Waals surface area contributed by atoms with Crippen LogP contribution in [-0.2, 0) is 0 Å². The molecule has 1 spiro atoms. The molecule has 3 aliphatic rings. The second-order valence-electron chi connectivity index (χ2n) is 8.88. The smallest absolute Gasteiger partial charge is 0.258 e. The molecule has 0 radical (unpaired) electrons. The van der Waals surface area contributed by atoms with E-state index in [1.54, 1.807) is 7.11 Å². The number of nitrogens with zero attached hydrogens (tertiary/aromatic N) is 1. The number of methoxy groups -OCH3 is 1. The summed E-state index contributed by atoms with van der Waals surface area (Å²) in [5.74, 6) is 2.29. The largest absolute Gasteiger partial charge is 0.497 e. The monoisotopic (exact) mass is 394 g/mol. The van der Waals surface area contributed by atoms with Crippen molar-refractivity contribution in [2.75, 3.05) is 26.7 Å². The first-order valence-corrected chi connectivity index (χ1v) is 11.0. The van der Waals surface area contributed by atoms with Gasteiger partial charge in [-0.15, -0.1) is 0 Å². The third-order valence-corrected chi connectivity index (χ3v) is 6.97. The van der Waals surface area contributed by atoms with Crippen LogP contribution in [0.5, 0.6) is 11.5 Å². The van der Waals surface area contributed by atoms with Gasteiger partial charge in [0.15, 0.2) is 5.72 Å². The van der Waals surface area contributed by atoms with Crippen molar-refractivity contribution < 1.29 is 14.3 Å². The molecule has 0 atom stereocenters. The van der Waals surface area contributed by atoms with E-state index >= 15 is 0 Å². The van der Waals surface area contributed by atoms with Gasteiger partial charge in [-0.2, -0.15) is 0 Å². The van der Waals surface area contributed by atoms with Crippen molar-refractivity contribution >= 4 is 16.7 Å². The summed E-state index contributed by atoms with van der Waals surface area (Å²) in [6.45, 7) is 3.14. The van der Waals surface area contributed by atoms with Crippen molar-refractivity contribution in [3.63, 3.8) is 0 Å². The van der Waals surface area contributed by atoms with Crippen LogP contribution in [0.15, 0.2) is 30.3 Å². The third-order valence-electron chi connectivity index (χ3n) is 6.97. The molecular formula is C24H30N2O3. The second-order valence-corrected chi connectivity index (χ2v) is 8.88. The van der Waals surface area contributed by atoms with E-state index in [-0.39, 0.29) is 5.91 Å². The molecule has 2 heterocycles. The molecule has 1 amide bonds. The Bertz CT molecular complexity index is 912. The fraction of sp³-hybridized carbons (Fsp3) is 0.542. The zero-order chi connectivity index (χ0) is 19.8. The molecule has 2 aliphatic heterocycles. The highest BCUT2D eigenvalue weighted by Gasteiger charge is 2.43. The minimum atomic E-state index is -0.593. The zero-order valence-corrected chi connectivity index (χ0v) is 17.2. The molecule has 0 aromatic heterocycles. The van der Waals surface area contributed by atoms with Crippen LogP contribution in [0.2, 0.25) is 0 Å². The Morgan fingerprint density at radius 3 is 2.66 bits per heavy atom. The van der Waals surface area contributed by atoms with E-state index in [4.69, 9.17) is 9.47 Å². The topological polar surface area (TPSA) is 50.8 Å². The Hall–Kier alpha value is -2.27. The van der Waals surface area contributed by atoms with Crippen LogP contribution in [0.1, 0.15) is 55.3 Å². The lowest BCUT2D eigenvalue weighted by atomic mass is 9.88. The van der Waals surface area contributed by atoms with Crippen LogP contribution < -0.4 is 14.8 Å². The maximum atomic E-state index is 12.9. The number of hydrogen-bond donors (Lipinski definition) is 1. The molecule has 29 heavy (non-hydrogen) atoms. The first kappa shape index (κ1) is 18.7. The number of rotatable bonds is 3. The zero-order valence-electron chi connectivity index (χ0n) is 17.2. The van der Waals surface area contributed by atoms with Crippen molar-refractivity contribution in [2.45, 2.75) is 50.7 Å². The molecular weight excluding hydrogens is 364 g/mol. The molecule has 0 bridgehead atoms. The molecule has 5 nitrogen and oxygen atoms in total. The van der Waals surface area contributed by atoms with E-state index in [2.05, 4.69) is 10.2 Å². The molecule has 2 aromatic rings. The highest BCUT2D eigenvalue weighted by atomic mass is 16.5. The minimum absolute atomic E-state index is 0.0308. The number of likely N-dealkylation sites (tertiary alicyclic amines) is 1. The first-order valence-electron chi connectivity index (χ1n) is 11.0. The number of benzene rings is 2. The summed E-state index contributed by atoms with van der Waals surface area (Å²) in [5, 5.41) is 5.19. The second kappa shape index (κ2) is 7.52. The number of carbonyl (C=O) groups excluding carboxylic acids is 1. The van der Waals surface area contributed by atoms with Crippen molar-refractivity contribution in [1.82, 2.24) is 10.2 Å². The standard InChI is InChI=1S/C24H30N2O3/c1-28-19-9-7-18-8-10-20-22(21(18)15-19)29-24(25-23(20)27)11-13-26(14-12-24)16-17-5-3-2-4-6-17/h7-10,15,17H,2-6,11-14,16H2,1H3,(H,25,27). The summed E-state index contributed by atoms with van der Waals surface area (Å²) in [7, 11) is 1.66. The summed E-state index contributed by atoms with van der Waals surface area (Å²) < 4.78 is 12.0. The highest BCUT2D eigenvalue weighted by Crippen LogP contribution is 2.40. The van der Waals surface area contributed by atoms with Crippen molar-refractivity contribution in [3.05, 3.63) is 35.9 Å². The quantitative estimate of drug-likeness (QED) is 0.841. The Labute approximate surface area is 172 Å². The van der Waals surface area contributed by atoms with Crippen LogP contribution in [-0.4, -0.2) is 43.3 Å². The van der Waals surface area contributed by atoms with Crippen LogP contribution in [0.25, 0.3) is 10.8 Å². The Morgan fingerprint density at radius 2 is 1.90 bits per heavy atom. The summed E-state index contributed by atoms with van der Waals surface area (Å²) in [5.41, 5.74) is 0.0193. The summed E-state index contributed by atoms with van der Waals surface area (Å²) >= 11 is 0. The van der Waals surface area contributed by atoms with Gasteiger partial charge in [0.2, 0.25) is 0 Å². The summed E-state index contributed by atoms with van der Waals surface area (Å²) in [4.78, 5) is 15.5. The Kier molecular flexibility index (Phi) is 4.86. The molecule has 1 aliphatic carbocycles. The van der Waals surface area contributed by atoms with Gasteiger partial charge < -0.3 is 19.7 Å². The van der Waals surface area contributed by atoms with Gasteiger partial charge in [-0.05, 0) is 42.3 Å². The predicted octanol–water partition coefficient (Wildman–Crippen LogP) is 4.34. The van der Waals surface area contributed by atoms with Gasteiger partial charge in [0.25, 0.3) is 5.91 Å². The molecule has 1 saturated heterocycles. The van der Waals surface area contributed by atoms with E-state index < -0.39 is 5.72 Å². The summed E-state index contributed by atoms with van der Waals surface area (Å²) in [6, 6.07) is 9.77. The Balaban J connectivity index is 1.36. The number of piperidine rings is 1. The number of fused-ring (bicyclic) bond motifs is 3. The lowest BCUT2D eigenvalue weighted by Gasteiger charge is -2.45. The molecule has 0 unspecified atom stereocenters. The van der Waals surface area contributed by atoms with Crippen molar-refractivity contribution in [3.8, 4) is 11.5 Å². The molecule has 1 N–H and O–H groups in total. The van der Waals surface area contributed by atoms with Crippen LogP contribution in [0.3, 0.4) is 0 Å². The SMILES string of the molecule is COc1ccc2ccc3c(c2c1)OC1(CCN(CC2CCCCC2)CC1)NC3=O. The minimum Gasteiger partial charge on any atom is -0.497 e. The van der Waals surface area contributed by atoms with Gasteiger partial charge in [-0.1, -0.05) is 31.4 Å². The average Bonchev–Trinajstić information content (AvgIpc) is 2.76. The average molecular weight is 395 g/mol. The number of ether oxygens (including phenoxy) is 2. The van der Waals surface area contributed by atoms with Crippen LogP contribution >= 0.6 is 0 Å². The van der Waals surface area contributed by atoms with E-state index in [1.807, 2.05) is 30.3 Å². The van der Waals surface area contributed by atoms with Crippen LogP contribution in [0.4, 0.5) is 0 Å². The fourth-order valence-corrected chi connectivity index (χ4v) is 5.24. The molecule has 5 heteroatoms. The maximum absolute atomic E-state index is 12.9. The lowest BCUT2D eigenvalue weighted by molar-refractivity contribution is -0.0311. The highest BCUT2D eigenvalue weighted by molar-refractivity contribution is 6.05. The summed E-state index contributed by atoms with van der Waals surface area (Å²) in [6.07, 6.45) is 8.56. The van der Waals surface area contributed by atoms with Crippen molar-refractivity contribution in [1.29, 1.82) is 0 Å². The molecule has 1 saturated carbocycles. The first-order chi connectivity index (χ1) is 14.2. The van der Waals surface area contributed by atoms with Gasteiger partial charge in [0.1, 0.15) is 11.5 Å². The van der Waals surface area contributed by atoms with Gasteiger partial charge in [0.05, 0.1) is 12.7 Å². The van der Waals surface area contributed by atoms with E-state index in [0.717, 1.165) is 48.4 Å². The fourth-order valence-electron chi connectivity index (χ4n) is 5.24. The van der Waals surface area contributed by atoms with Crippen LogP contribution in [0, 0.1) is 5.92 Å². The molecule has 5 rings (SSSR count). The number of carbonyl (C=O) groups is 1. The molecule has 2 aromatic carbocycles. The van der Waals surface area contributed by atoms with E-state index in [1.165, 1.54) is 38.6 Å². The number of hydrogen-bond acceptors (Lipinski definition) is 4. The van der Waals surface area contributed by atoms with Crippen molar-refractivity contribution in [2.24, 2.45) is 5.92 Å². The molecule has 2 fully saturated rings. The van der Waals surface area contributed by atoms with Gasteiger partial charge in [-0.3, -0.25) is 4.79 Å². The molecule has 154 valence electrons. The van der Waals surface area contributed by atoms with Gasteiger partial charge in [-0.25, -0.2) is 0 Å².